The first-order valence-electron chi connectivity index (χ1n) is 6.96. The Morgan fingerprint density at radius 1 is 1.32 bits per heavy atom. The van der Waals surface area contributed by atoms with E-state index in [9.17, 15) is 4.79 Å². The molecule has 1 fully saturated rings. The van der Waals surface area contributed by atoms with Crippen molar-refractivity contribution in [2.75, 3.05) is 20.7 Å². The zero-order valence-electron chi connectivity index (χ0n) is 11.9. The quantitative estimate of drug-likeness (QED) is 0.737. The van der Waals surface area contributed by atoms with E-state index >= 15 is 0 Å². The minimum Gasteiger partial charge on any atom is -0.496 e. The van der Waals surface area contributed by atoms with E-state index in [-0.39, 0.29) is 5.41 Å². The molecule has 0 N–H and O–H groups in total. The number of methoxy groups -OCH3 is 1. The topological polar surface area (TPSA) is 29.5 Å². The maximum atomic E-state index is 11.4. The van der Waals surface area contributed by atoms with Crippen molar-refractivity contribution >= 4 is 6.29 Å². The molecule has 0 unspecified atom stereocenters. The van der Waals surface area contributed by atoms with Gasteiger partial charge < -0.3 is 14.4 Å². The second-order valence-electron chi connectivity index (χ2n) is 5.67. The molecule has 1 aliphatic carbocycles. The molecule has 0 atom stereocenters. The van der Waals surface area contributed by atoms with Crippen molar-refractivity contribution in [1.29, 1.82) is 0 Å². The Labute approximate surface area is 115 Å². The molecular formula is C16H23NO2. The van der Waals surface area contributed by atoms with Crippen molar-refractivity contribution in [1.82, 2.24) is 4.90 Å². The molecule has 0 radical (unpaired) electrons. The van der Waals surface area contributed by atoms with E-state index in [0.29, 0.717) is 0 Å². The van der Waals surface area contributed by atoms with E-state index < -0.39 is 0 Å². The van der Waals surface area contributed by atoms with Gasteiger partial charge >= 0.3 is 0 Å². The lowest BCUT2D eigenvalue weighted by atomic mass is 9.87. The third-order valence-electron chi connectivity index (χ3n) is 4.07. The number of aldehydes is 1. The fourth-order valence-electron chi connectivity index (χ4n) is 3.11. The maximum absolute atomic E-state index is 11.4. The molecule has 0 aliphatic heterocycles. The maximum Gasteiger partial charge on any atom is 0.127 e. The van der Waals surface area contributed by atoms with Crippen LogP contribution in [0.15, 0.2) is 24.3 Å². The average molecular weight is 261 g/mol. The Morgan fingerprint density at radius 2 is 2.00 bits per heavy atom. The number of para-hydroxylation sites is 1. The largest absolute Gasteiger partial charge is 0.496 e. The molecule has 1 aromatic rings. The smallest absolute Gasteiger partial charge is 0.127 e. The highest BCUT2D eigenvalue weighted by molar-refractivity contribution is 5.60. The summed E-state index contributed by atoms with van der Waals surface area (Å²) < 4.78 is 5.37. The third kappa shape index (κ3) is 3.35. The summed E-state index contributed by atoms with van der Waals surface area (Å²) >= 11 is 0. The van der Waals surface area contributed by atoms with Crippen LogP contribution in [0, 0.1) is 5.41 Å². The lowest BCUT2D eigenvalue weighted by Crippen LogP contribution is -2.34. The SMILES string of the molecule is COc1ccccc1CN(C)CC1(C=O)CCCC1. The van der Waals surface area contributed by atoms with Gasteiger partial charge in [-0.05, 0) is 26.0 Å². The van der Waals surface area contributed by atoms with Gasteiger partial charge in [0, 0.05) is 24.1 Å². The Kier molecular flexibility index (Phi) is 4.59. The Morgan fingerprint density at radius 3 is 2.63 bits per heavy atom. The van der Waals surface area contributed by atoms with Gasteiger partial charge in [-0.3, -0.25) is 0 Å². The number of benzene rings is 1. The lowest BCUT2D eigenvalue weighted by molar-refractivity contribution is -0.116. The first-order valence-corrected chi connectivity index (χ1v) is 6.96. The summed E-state index contributed by atoms with van der Waals surface area (Å²) in [4.78, 5) is 13.6. The van der Waals surface area contributed by atoms with Crippen LogP contribution in [0.1, 0.15) is 31.2 Å². The minimum atomic E-state index is -0.114. The van der Waals surface area contributed by atoms with E-state index in [2.05, 4.69) is 18.0 Å². The molecule has 3 heteroatoms. The predicted molar refractivity (Wildman–Crippen MR) is 76.3 cm³/mol. The summed E-state index contributed by atoms with van der Waals surface area (Å²) in [5.41, 5.74) is 1.06. The molecule has 0 aromatic heterocycles. The normalized spacial score (nSPS) is 17.6. The molecule has 0 saturated heterocycles. The lowest BCUT2D eigenvalue weighted by Gasteiger charge is -2.28. The Hall–Kier alpha value is -1.35. The van der Waals surface area contributed by atoms with Gasteiger partial charge in [0.2, 0.25) is 0 Å². The second-order valence-corrected chi connectivity index (χ2v) is 5.67. The summed E-state index contributed by atoms with van der Waals surface area (Å²) in [6, 6.07) is 8.06. The zero-order chi connectivity index (χ0) is 13.7. The summed E-state index contributed by atoms with van der Waals surface area (Å²) in [7, 11) is 3.78. The number of carbonyl (C=O) groups excluding carboxylic acids is 1. The molecule has 1 aliphatic rings. The highest BCUT2D eigenvalue weighted by Crippen LogP contribution is 2.37. The van der Waals surface area contributed by atoms with Crippen LogP contribution in [-0.4, -0.2) is 31.9 Å². The minimum absolute atomic E-state index is 0.114. The van der Waals surface area contributed by atoms with Crippen molar-refractivity contribution in [3.05, 3.63) is 29.8 Å². The number of ether oxygens (including phenoxy) is 1. The van der Waals surface area contributed by atoms with Crippen LogP contribution in [0.3, 0.4) is 0 Å². The first kappa shape index (κ1) is 14.1. The van der Waals surface area contributed by atoms with Crippen molar-refractivity contribution in [2.24, 2.45) is 5.41 Å². The molecule has 19 heavy (non-hydrogen) atoms. The van der Waals surface area contributed by atoms with Crippen LogP contribution >= 0.6 is 0 Å². The summed E-state index contributed by atoms with van der Waals surface area (Å²) in [5, 5.41) is 0. The van der Waals surface area contributed by atoms with E-state index in [1.165, 1.54) is 24.7 Å². The van der Waals surface area contributed by atoms with Gasteiger partial charge in [0.25, 0.3) is 0 Å². The summed E-state index contributed by atoms with van der Waals surface area (Å²) in [5.74, 6) is 0.918. The molecule has 0 spiro atoms. The van der Waals surface area contributed by atoms with E-state index in [1.54, 1.807) is 7.11 Å². The van der Waals surface area contributed by atoms with Crippen molar-refractivity contribution in [3.8, 4) is 5.75 Å². The second kappa shape index (κ2) is 6.20. The molecule has 2 rings (SSSR count). The predicted octanol–water partition coefficient (Wildman–Crippen LogP) is 2.89. The van der Waals surface area contributed by atoms with Gasteiger partial charge in [-0.2, -0.15) is 0 Å². The number of hydrogen-bond donors (Lipinski definition) is 0. The van der Waals surface area contributed by atoms with E-state index in [4.69, 9.17) is 4.74 Å². The molecular weight excluding hydrogens is 238 g/mol. The summed E-state index contributed by atoms with van der Waals surface area (Å²) in [6.07, 6.45) is 5.61. The Bertz CT molecular complexity index is 425. The molecule has 1 saturated carbocycles. The van der Waals surface area contributed by atoms with E-state index in [0.717, 1.165) is 31.7 Å². The van der Waals surface area contributed by atoms with Crippen LogP contribution in [-0.2, 0) is 11.3 Å². The average Bonchev–Trinajstić information content (AvgIpc) is 2.88. The van der Waals surface area contributed by atoms with Crippen molar-refractivity contribution in [3.63, 3.8) is 0 Å². The van der Waals surface area contributed by atoms with Gasteiger partial charge in [0.05, 0.1) is 7.11 Å². The molecule has 1 aromatic carbocycles. The first-order chi connectivity index (χ1) is 9.19. The van der Waals surface area contributed by atoms with Crippen LogP contribution in [0.25, 0.3) is 0 Å². The molecule has 0 amide bonds. The third-order valence-corrected chi connectivity index (χ3v) is 4.07. The number of nitrogens with zero attached hydrogens (tertiary/aromatic N) is 1. The zero-order valence-corrected chi connectivity index (χ0v) is 11.9. The molecule has 0 heterocycles. The monoisotopic (exact) mass is 261 g/mol. The van der Waals surface area contributed by atoms with Crippen molar-refractivity contribution in [2.45, 2.75) is 32.2 Å². The molecule has 0 bridgehead atoms. The van der Waals surface area contributed by atoms with E-state index in [1.807, 2.05) is 18.2 Å². The fourth-order valence-corrected chi connectivity index (χ4v) is 3.11. The number of rotatable bonds is 6. The Balaban J connectivity index is 2.00. The number of hydrogen-bond acceptors (Lipinski definition) is 3. The standard InChI is InChI=1S/C16H23NO2/c1-17(12-16(13-18)9-5-6-10-16)11-14-7-3-4-8-15(14)19-2/h3-4,7-8,13H,5-6,9-12H2,1-2H3. The molecule has 3 nitrogen and oxygen atoms in total. The summed E-state index contributed by atoms with van der Waals surface area (Å²) in [6.45, 7) is 1.66. The van der Waals surface area contributed by atoms with Crippen molar-refractivity contribution < 1.29 is 9.53 Å². The van der Waals surface area contributed by atoms with Crippen LogP contribution < -0.4 is 4.74 Å². The van der Waals surface area contributed by atoms with Gasteiger partial charge in [-0.25, -0.2) is 0 Å². The van der Waals surface area contributed by atoms with Crippen LogP contribution in [0.5, 0.6) is 5.75 Å². The highest BCUT2D eigenvalue weighted by Gasteiger charge is 2.34. The van der Waals surface area contributed by atoms with Gasteiger partial charge in [-0.1, -0.05) is 31.0 Å². The van der Waals surface area contributed by atoms with Gasteiger partial charge in [-0.15, -0.1) is 0 Å². The van der Waals surface area contributed by atoms with Crippen LogP contribution in [0.2, 0.25) is 0 Å². The molecule has 104 valence electrons. The van der Waals surface area contributed by atoms with Gasteiger partial charge in [0.1, 0.15) is 12.0 Å². The van der Waals surface area contributed by atoms with Crippen LogP contribution in [0.4, 0.5) is 0 Å². The highest BCUT2D eigenvalue weighted by atomic mass is 16.5. The van der Waals surface area contributed by atoms with Gasteiger partial charge in [0.15, 0.2) is 0 Å². The fraction of sp³-hybridized carbons (Fsp3) is 0.562. The number of carbonyl (C=O) groups is 1.